The number of carbonyl (C=O) groups is 2. The van der Waals surface area contributed by atoms with Crippen molar-refractivity contribution in [2.45, 2.75) is 95.4 Å². The number of Topliss-reactive ketones (excluding diaryl/α,β-unsaturated/α-hetero) is 1. The summed E-state index contributed by atoms with van der Waals surface area (Å²) in [6.07, 6.45) is 11.4. The largest absolute Gasteiger partial charge is 0.476 e. The van der Waals surface area contributed by atoms with Crippen molar-refractivity contribution in [3.05, 3.63) is 60.4 Å². The number of aliphatic carboxylic acids is 1. The molecule has 0 aromatic heterocycles. The quantitative estimate of drug-likeness (QED) is 0.168. The van der Waals surface area contributed by atoms with Crippen LogP contribution in [0.2, 0.25) is 0 Å². The molecule has 1 aliphatic carbocycles. The lowest BCUT2D eigenvalue weighted by atomic mass is 9.91. The lowest BCUT2D eigenvalue weighted by molar-refractivity contribution is -0.397. The van der Waals surface area contributed by atoms with Gasteiger partial charge in [0.2, 0.25) is 0 Å². The van der Waals surface area contributed by atoms with Crippen molar-refractivity contribution in [2.75, 3.05) is 13.2 Å². The Bertz CT molecular complexity index is 1070. The summed E-state index contributed by atoms with van der Waals surface area (Å²) in [5, 5.41) is 10.3. The second-order valence-electron chi connectivity index (χ2n) is 10.7. The average Bonchev–Trinajstić information content (AvgIpc) is 3.34. The highest BCUT2D eigenvalue weighted by molar-refractivity contribution is 5.84. The van der Waals surface area contributed by atoms with Crippen LogP contribution in [0.15, 0.2) is 60.4 Å². The summed E-state index contributed by atoms with van der Waals surface area (Å²) in [5.41, 5.74) is 2.91. The molecule has 1 aromatic carbocycles. The third-order valence-electron chi connectivity index (χ3n) is 7.65. The number of carbonyl (C=O) groups excluding carboxylic acids is 1. The monoisotopic (exact) mass is 572 g/mol. The van der Waals surface area contributed by atoms with Gasteiger partial charge in [0.05, 0.1) is 0 Å². The molecule has 5 atom stereocenters. The van der Waals surface area contributed by atoms with Crippen molar-refractivity contribution >= 4 is 11.8 Å². The molecule has 0 bridgehead atoms. The van der Waals surface area contributed by atoms with Crippen molar-refractivity contribution in [1.29, 1.82) is 0 Å². The summed E-state index contributed by atoms with van der Waals surface area (Å²) in [6.45, 7) is 2.80. The van der Waals surface area contributed by atoms with Crippen LogP contribution in [-0.4, -0.2) is 54.3 Å². The van der Waals surface area contributed by atoms with Gasteiger partial charge in [-0.15, -0.1) is 5.73 Å². The van der Waals surface area contributed by atoms with Gasteiger partial charge in [-0.2, -0.15) is 4.39 Å². The van der Waals surface area contributed by atoms with E-state index in [1.54, 1.807) is 24.3 Å². The number of para-hydroxylation sites is 1. The van der Waals surface area contributed by atoms with E-state index in [0.717, 1.165) is 44.6 Å². The summed E-state index contributed by atoms with van der Waals surface area (Å²) >= 11 is 0. The van der Waals surface area contributed by atoms with Crippen LogP contribution in [-0.2, 0) is 28.5 Å². The van der Waals surface area contributed by atoms with Gasteiger partial charge in [-0.1, -0.05) is 37.3 Å². The topological polar surface area (TPSA) is 101 Å². The molecule has 0 amide bonds. The Kier molecular flexibility index (Phi) is 11.3. The smallest absolute Gasteiger partial charge is 0.404 e. The highest BCUT2D eigenvalue weighted by Gasteiger charge is 2.65. The Balaban J connectivity index is 1.73. The predicted octanol–water partition coefficient (Wildman–Crippen LogP) is 6.26. The van der Waals surface area contributed by atoms with Crippen LogP contribution in [0.5, 0.6) is 5.75 Å². The van der Waals surface area contributed by atoms with E-state index < -0.39 is 30.2 Å². The Morgan fingerprint density at radius 1 is 1.07 bits per heavy atom. The van der Waals surface area contributed by atoms with Gasteiger partial charge in [0.1, 0.15) is 11.5 Å². The maximum Gasteiger partial charge on any atom is 0.404 e. The third kappa shape index (κ3) is 7.93. The lowest BCUT2D eigenvalue weighted by Gasteiger charge is -2.43. The first-order valence-corrected chi connectivity index (χ1v) is 14.7. The van der Waals surface area contributed by atoms with Crippen LogP contribution in [0, 0.1) is 11.8 Å². The molecule has 3 aliphatic rings. The van der Waals surface area contributed by atoms with Crippen LogP contribution < -0.4 is 4.74 Å². The molecule has 1 N–H and O–H groups in total. The molecule has 4 rings (SSSR count). The number of rotatable bonds is 13. The van der Waals surface area contributed by atoms with Gasteiger partial charge in [0.25, 0.3) is 5.79 Å². The molecule has 41 heavy (non-hydrogen) atoms. The number of hydrogen-bond acceptors (Lipinski definition) is 7. The molecule has 1 saturated carbocycles. The van der Waals surface area contributed by atoms with Crippen LogP contribution in [0.3, 0.4) is 0 Å². The molecule has 2 heterocycles. The minimum absolute atomic E-state index is 0.0254. The van der Waals surface area contributed by atoms with Crippen molar-refractivity contribution in [1.82, 2.24) is 0 Å². The Labute approximate surface area is 241 Å². The molecule has 0 spiro atoms. The summed E-state index contributed by atoms with van der Waals surface area (Å²) in [7, 11) is 0. The number of ether oxygens (including phenoxy) is 5. The highest BCUT2D eigenvalue weighted by Crippen LogP contribution is 2.41. The van der Waals surface area contributed by atoms with Gasteiger partial charge in [-0.3, -0.25) is 4.79 Å². The first-order chi connectivity index (χ1) is 19.9. The lowest BCUT2D eigenvalue weighted by Crippen LogP contribution is -2.64. The normalized spacial score (nSPS) is 27.9. The Morgan fingerprint density at radius 2 is 1.73 bits per heavy atom. The number of alkyl halides is 1. The molecule has 9 heteroatoms. The van der Waals surface area contributed by atoms with Crippen LogP contribution in [0.1, 0.15) is 71.1 Å². The first-order valence-electron chi connectivity index (χ1n) is 14.7. The highest BCUT2D eigenvalue weighted by atomic mass is 19.2. The Morgan fingerprint density at radius 3 is 2.29 bits per heavy atom. The number of ketones is 1. The van der Waals surface area contributed by atoms with Crippen LogP contribution in [0.4, 0.5) is 4.39 Å². The SMILES string of the molecule is CC/C=C/[C@H]1CCC(=O)[C@@H]1CC=C=CC([16O]C1CCCCO1)([16O]C1CCCCO1)C(F)(Oc1ccccc1)C(=O)O. The van der Waals surface area contributed by atoms with Gasteiger partial charge < -0.3 is 28.8 Å². The van der Waals surface area contributed by atoms with Crippen molar-refractivity contribution in [3.63, 3.8) is 0 Å². The van der Waals surface area contributed by atoms with E-state index in [-0.39, 0.29) is 23.4 Å². The van der Waals surface area contributed by atoms with E-state index in [1.165, 1.54) is 12.1 Å². The molecular weight excluding hydrogens is 531 g/mol. The van der Waals surface area contributed by atoms with Gasteiger partial charge >= 0.3 is 11.8 Å². The van der Waals surface area contributed by atoms with E-state index >= 15 is 4.39 Å². The molecule has 224 valence electrons. The average molecular weight is 573 g/mol. The molecule has 3 fully saturated rings. The zero-order chi connectivity index (χ0) is 29.1. The predicted molar refractivity (Wildman–Crippen MR) is 149 cm³/mol. The number of allylic oxidation sites excluding steroid dienone is 2. The van der Waals surface area contributed by atoms with Gasteiger partial charge in [-0.25, -0.2) is 4.79 Å². The summed E-state index contributed by atoms with van der Waals surface area (Å²) in [5.74, 6) is -8.10. The van der Waals surface area contributed by atoms with Crippen molar-refractivity contribution in [3.8, 4) is 5.75 Å². The summed E-state index contributed by atoms with van der Waals surface area (Å²) in [4.78, 5) is 25.3. The van der Waals surface area contributed by atoms with E-state index in [4.69, 9.17) is 23.7 Å². The fourth-order valence-electron chi connectivity index (χ4n) is 5.40. The number of hydrogen-bond donors (Lipinski definition) is 1. The van der Waals surface area contributed by atoms with Gasteiger partial charge in [-0.05, 0) is 81.9 Å². The van der Waals surface area contributed by atoms with Crippen molar-refractivity contribution < 1.29 is 42.8 Å². The maximum atomic E-state index is 17.1. The summed E-state index contributed by atoms with van der Waals surface area (Å²) in [6, 6.07) is 7.81. The fraction of sp³-hybridized carbons (Fsp3) is 0.594. The van der Waals surface area contributed by atoms with E-state index in [0.29, 0.717) is 38.9 Å². The van der Waals surface area contributed by atoms with Gasteiger partial charge in [0.15, 0.2) is 12.6 Å². The molecule has 2 aliphatic heterocycles. The minimum Gasteiger partial charge on any atom is -0.476 e. The molecule has 0 radical (unpaired) electrons. The minimum atomic E-state index is -3.55. The molecule has 3 unspecified atom stereocenters. The number of benzene rings is 1. The van der Waals surface area contributed by atoms with Crippen LogP contribution in [0.25, 0.3) is 0 Å². The number of carboxylic acid groups (broad SMARTS) is 1. The number of carboxylic acids is 1. The molecule has 1 aromatic rings. The number of halogens is 1. The molecule has 8 nitrogen and oxygen atoms in total. The second-order valence-corrected chi connectivity index (χ2v) is 10.7. The fourth-order valence-corrected chi connectivity index (χ4v) is 5.40. The Hall–Kier alpha value is -2.81. The molecular formula is C32H41FO8. The standard InChI is InChI=1S/C32H41FO8/c1-2-3-13-24-19-20-27(34)26(24)16-7-10-21-31(40-28-17-8-11-22-37-28,41-29-18-9-12-23-38-29)32(33,30(35)36)39-25-14-5-4-6-15-25/h3-7,13-15,21,24,26,28-29H,2,8-9,11-12,16-20,22-23H2,1H3,(H,35,36)/b13-3+/t10?,24-,26+,28?,29?,31?,32?/m0/s1/i40+0,41+0. The van der Waals surface area contributed by atoms with E-state index in [2.05, 4.69) is 17.9 Å². The molecule has 2 saturated heterocycles. The van der Waals surface area contributed by atoms with E-state index in [9.17, 15) is 14.7 Å². The zero-order valence-corrected chi connectivity index (χ0v) is 23.7. The van der Waals surface area contributed by atoms with Crippen LogP contribution >= 0.6 is 0 Å². The first kappa shape index (κ1) is 31.1. The van der Waals surface area contributed by atoms with E-state index in [1.807, 2.05) is 6.92 Å². The maximum absolute atomic E-state index is 17.1. The van der Waals surface area contributed by atoms with Crippen molar-refractivity contribution in [2.24, 2.45) is 11.8 Å². The zero-order valence-electron chi connectivity index (χ0n) is 23.7. The van der Waals surface area contributed by atoms with Gasteiger partial charge in [0, 0.05) is 31.6 Å². The second kappa shape index (κ2) is 14.9. The summed E-state index contributed by atoms with van der Waals surface area (Å²) < 4.78 is 46.4. The third-order valence-corrected chi connectivity index (χ3v) is 7.65.